The van der Waals surface area contributed by atoms with E-state index in [-0.39, 0.29) is 23.7 Å². The van der Waals surface area contributed by atoms with Crippen molar-refractivity contribution in [3.05, 3.63) is 81.6 Å². The molecular weight excluding hydrogens is 394 g/mol. The molecule has 0 saturated heterocycles. The lowest BCUT2D eigenvalue weighted by molar-refractivity contribution is -0.138. The third-order valence-corrected chi connectivity index (χ3v) is 5.27. The van der Waals surface area contributed by atoms with Gasteiger partial charge in [-0.15, -0.1) is 0 Å². The third kappa shape index (κ3) is 4.28. The fraction of sp³-hybridized carbons (Fsp3) is 0.240. The molecule has 6 nitrogen and oxygen atoms in total. The number of esters is 2. The Morgan fingerprint density at radius 2 is 1.65 bits per heavy atom. The predicted molar refractivity (Wildman–Crippen MR) is 118 cm³/mol. The van der Waals surface area contributed by atoms with Crippen LogP contribution in [0.15, 0.2) is 59.3 Å². The molecule has 1 aliphatic heterocycles. The van der Waals surface area contributed by atoms with Crippen LogP contribution >= 0.6 is 0 Å². The molecule has 6 heteroatoms. The number of methoxy groups -OCH3 is 1. The number of rotatable bonds is 5. The first-order chi connectivity index (χ1) is 14.8. The number of ether oxygens (including phenoxy) is 2. The molecular formula is C25H25NO5. The van der Waals surface area contributed by atoms with Gasteiger partial charge in [-0.25, -0.2) is 9.59 Å². The molecule has 0 aromatic heterocycles. The summed E-state index contributed by atoms with van der Waals surface area (Å²) in [5, 5.41) is 0. The number of aryl methyl sites for hydroxylation is 2. The van der Waals surface area contributed by atoms with E-state index in [9.17, 15) is 14.4 Å². The van der Waals surface area contributed by atoms with Gasteiger partial charge in [-0.05, 0) is 74.7 Å². The maximum atomic E-state index is 13.4. The lowest BCUT2D eigenvalue weighted by atomic mass is 10.0. The lowest BCUT2D eigenvalue weighted by Crippen LogP contribution is -2.24. The van der Waals surface area contributed by atoms with Gasteiger partial charge in [0, 0.05) is 11.4 Å². The Kier molecular flexibility index (Phi) is 6.39. The second kappa shape index (κ2) is 9.00. The molecule has 31 heavy (non-hydrogen) atoms. The predicted octanol–water partition coefficient (Wildman–Crippen LogP) is 4.36. The van der Waals surface area contributed by atoms with Gasteiger partial charge in [-0.2, -0.15) is 0 Å². The molecule has 3 rings (SSSR count). The zero-order chi connectivity index (χ0) is 22.7. The van der Waals surface area contributed by atoms with E-state index < -0.39 is 11.9 Å². The van der Waals surface area contributed by atoms with Gasteiger partial charge in [0.1, 0.15) is 0 Å². The number of carbonyl (C=O) groups excluding carboxylic acids is 3. The van der Waals surface area contributed by atoms with E-state index >= 15 is 0 Å². The molecule has 0 radical (unpaired) electrons. The van der Waals surface area contributed by atoms with Crippen LogP contribution in [0, 0.1) is 13.8 Å². The number of hydrogen-bond donors (Lipinski definition) is 0. The van der Waals surface area contributed by atoms with Gasteiger partial charge in [0.2, 0.25) is 0 Å². The van der Waals surface area contributed by atoms with Crippen molar-refractivity contribution in [1.29, 1.82) is 0 Å². The van der Waals surface area contributed by atoms with E-state index in [1.807, 2.05) is 32.0 Å². The molecule has 0 unspecified atom stereocenters. The van der Waals surface area contributed by atoms with Gasteiger partial charge >= 0.3 is 11.9 Å². The molecule has 0 aliphatic carbocycles. The first-order valence-corrected chi connectivity index (χ1v) is 9.98. The Hall–Kier alpha value is -3.67. The van der Waals surface area contributed by atoms with Crippen LogP contribution < -0.4 is 4.90 Å². The summed E-state index contributed by atoms with van der Waals surface area (Å²) < 4.78 is 9.94. The molecule has 0 N–H and O–H groups in total. The first-order valence-electron chi connectivity index (χ1n) is 9.98. The van der Waals surface area contributed by atoms with Crippen molar-refractivity contribution in [2.45, 2.75) is 27.7 Å². The van der Waals surface area contributed by atoms with E-state index in [0.29, 0.717) is 22.5 Å². The Morgan fingerprint density at radius 3 is 2.23 bits per heavy atom. The Labute approximate surface area is 181 Å². The number of carbonyl (C=O) groups is 3. The fourth-order valence-electron chi connectivity index (χ4n) is 3.46. The summed E-state index contributed by atoms with van der Waals surface area (Å²) in [7, 11) is 1.32. The summed E-state index contributed by atoms with van der Waals surface area (Å²) in [4.78, 5) is 39.3. The maximum absolute atomic E-state index is 13.4. The number of anilines is 1. The van der Waals surface area contributed by atoms with Crippen molar-refractivity contribution >= 4 is 29.6 Å². The summed E-state index contributed by atoms with van der Waals surface area (Å²) >= 11 is 0. The second-order valence-corrected chi connectivity index (χ2v) is 7.26. The van der Waals surface area contributed by atoms with Crippen molar-refractivity contribution in [2.24, 2.45) is 0 Å². The molecule has 0 spiro atoms. The highest BCUT2D eigenvalue weighted by atomic mass is 16.5. The molecule has 2 aromatic carbocycles. The summed E-state index contributed by atoms with van der Waals surface area (Å²) in [6, 6.07) is 12.3. The van der Waals surface area contributed by atoms with Crippen LogP contribution in [-0.2, 0) is 19.1 Å². The summed E-state index contributed by atoms with van der Waals surface area (Å²) in [6.45, 7) is 7.64. The van der Waals surface area contributed by atoms with E-state index in [1.165, 1.54) is 12.0 Å². The molecule has 2 aromatic rings. The Morgan fingerprint density at radius 1 is 0.968 bits per heavy atom. The quantitative estimate of drug-likeness (QED) is 0.532. The van der Waals surface area contributed by atoms with Gasteiger partial charge in [0.15, 0.2) is 0 Å². The second-order valence-electron chi connectivity index (χ2n) is 7.26. The van der Waals surface area contributed by atoms with Gasteiger partial charge in [-0.3, -0.25) is 9.69 Å². The van der Waals surface area contributed by atoms with Crippen LogP contribution in [0.4, 0.5) is 5.69 Å². The third-order valence-electron chi connectivity index (χ3n) is 5.27. The van der Waals surface area contributed by atoms with Crippen molar-refractivity contribution in [2.75, 3.05) is 18.6 Å². The molecule has 0 atom stereocenters. The van der Waals surface area contributed by atoms with Crippen LogP contribution in [0.1, 0.15) is 40.9 Å². The van der Waals surface area contributed by atoms with Crippen molar-refractivity contribution in [3.63, 3.8) is 0 Å². The van der Waals surface area contributed by atoms with Crippen LogP contribution in [-0.4, -0.2) is 31.6 Å². The average molecular weight is 419 g/mol. The Balaban J connectivity index is 2.08. The summed E-state index contributed by atoms with van der Waals surface area (Å²) in [6.07, 6.45) is 1.64. The van der Waals surface area contributed by atoms with Gasteiger partial charge in [0.05, 0.1) is 30.4 Å². The van der Waals surface area contributed by atoms with Crippen molar-refractivity contribution < 1.29 is 23.9 Å². The minimum absolute atomic E-state index is 0.203. The smallest absolute Gasteiger partial charge is 0.340 e. The van der Waals surface area contributed by atoms with E-state index in [2.05, 4.69) is 0 Å². The number of benzene rings is 2. The maximum Gasteiger partial charge on any atom is 0.340 e. The SMILES string of the molecule is CCOC(=O)C1=C(C)N(c2ccc(C)c(C)c2)C(=O)C1=Cc1ccc(C(=O)OC)cc1. The monoisotopic (exact) mass is 419 g/mol. The van der Waals surface area contributed by atoms with Crippen LogP contribution in [0.2, 0.25) is 0 Å². The fourth-order valence-corrected chi connectivity index (χ4v) is 3.46. The number of allylic oxidation sites excluding steroid dienone is 1. The first kappa shape index (κ1) is 22.0. The number of nitrogens with zero attached hydrogens (tertiary/aromatic N) is 1. The van der Waals surface area contributed by atoms with Crippen molar-refractivity contribution in [1.82, 2.24) is 0 Å². The number of hydrogen-bond acceptors (Lipinski definition) is 5. The molecule has 0 bridgehead atoms. The summed E-state index contributed by atoms with van der Waals surface area (Å²) in [5.41, 5.74) is 4.93. The average Bonchev–Trinajstić information content (AvgIpc) is 3.00. The zero-order valence-corrected chi connectivity index (χ0v) is 18.3. The molecule has 160 valence electrons. The van der Waals surface area contributed by atoms with Crippen molar-refractivity contribution in [3.8, 4) is 0 Å². The standard InChI is InChI=1S/C25H25NO5/c1-6-31-25(29)22-17(4)26(20-12-7-15(2)16(3)13-20)23(27)21(22)14-18-8-10-19(11-9-18)24(28)30-5/h7-14H,6H2,1-5H3. The van der Waals surface area contributed by atoms with E-state index in [0.717, 1.165) is 11.1 Å². The molecule has 1 aliphatic rings. The molecule has 0 fully saturated rings. The lowest BCUT2D eigenvalue weighted by Gasteiger charge is -2.19. The highest BCUT2D eigenvalue weighted by Gasteiger charge is 2.38. The van der Waals surface area contributed by atoms with E-state index in [4.69, 9.17) is 9.47 Å². The summed E-state index contributed by atoms with van der Waals surface area (Å²) in [5.74, 6) is -1.29. The topological polar surface area (TPSA) is 72.9 Å². The largest absolute Gasteiger partial charge is 0.465 e. The van der Waals surface area contributed by atoms with Gasteiger partial charge in [0.25, 0.3) is 5.91 Å². The van der Waals surface area contributed by atoms with Crippen LogP contribution in [0.5, 0.6) is 0 Å². The minimum atomic E-state index is -0.544. The minimum Gasteiger partial charge on any atom is -0.465 e. The normalized spacial score (nSPS) is 14.9. The molecule has 1 amide bonds. The highest BCUT2D eigenvalue weighted by Crippen LogP contribution is 2.36. The molecule has 0 saturated carbocycles. The van der Waals surface area contributed by atoms with Gasteiger partial charge in [-0.1, -0.05) is 18.2 Å². The highest BCUT2D eigenvalue weighted by molar-refractivity contribution is 6.23. The van der Waals surface area contributed by atoms with Crippen LogP contribution in [0.3, 0.4) is 0 Å². The Bertz CT molecular complexity index is 1110. The molecule has 1 heterocycles. The number of amides is 1. The zero-order valence-electron chi connectivity index (χ0n) is 18.3. The van der Waals surface area contributed by atoms with Gasteiger partial charge < -0.3 is 9.47 Å². The van der Waals surface area contributed by atoms with E-state index in [1.54, 1.807) is 44.2 Å². The van der Waals surface area contributed by atoms with Crippen LogP contribution in [0.25, 0.3) is 6.08 Å².